The normalized spacial score (nSPS) is 12.0. The zero-order valence-corrected chi connectivity index (χ0v) is 27.8. The van der Waals surface area contributed by atoms with Gasteiger partial charge in [0.05, 0.1) is 0 Å². The van der Waals surface area contributed by atoms with Crippen molar-refractivity contribution in [2.75, 3.05) is 0 Å². The summed E-state index contributed by atoms with van der Waals surface area (Å²) in [7, 11) is 0. The van der Waals surface area contributed by atoms with Crippen LogP contribution in [0.2, 0.25) is 0 Å². The topological polar surface area (TPSA) is 0 Å². The molecule has 0 amide bonds. The van der Waals surface area contributed by atoms with E-state index >= 15 is 0 Å². The number of unbranched alkanes of at least 4 members (excludes halogenated alkanes) is 27. The molecule has 230 valence electrons. The van der Waals surface area contributed by atoms with E-state index in [0.717, 1.165) is 0 Å². The van der Waals surface area contributed by atoms with Crippen molar-refractivity contribution >= 4 is 0 Å². The lowest BCUT2D eigenvalue weighted by atomic mass is 9.75. The third kappa shape index (κ3) is 29.0. The maximum absolute atomic E-state index is 2.67. The monoisotopic (exact) mass is 535 g/mol. The fraction of sp³-hybridized carbons (Fsp3) is 1.00. The molecule has 0 fully saturated rings. The lowest BCUT2D eigenvalue weighted by Gasteiger charge is -2.30. The highest BCUT2D eigenvalue weighted by Gasteiger charge is 2.22. The molecule has 0 aliphatic rings. The Morgan fingerprint density at radius 1 is 0.237 bits per heavy atom. The average Bonchev–Trinajstić information content (AvgIpc) is 2.92. The van der Waals surface area contributed by atoms with Gasteiger partial charge < -0.3 is 0 Å². The van der Waals surface area contributed by atoms with E-state index in [0.29, 0.717) is 5.41 Å². The van der Waals surface area contributed by atoms with Gasteiger partial charge in [0.15, 0.2) is 0 Å². The number of rotatable bonds is 33. The van der Waals surface area contributed by atoms with E-state index in [1.807, 2.05) is 0 Å². The van der Waals surface area contributed by atoms with Crippen molar-refractivity contribution < 1.29 is 0 Å². The van der Waals surface area contributed by atoms with Gasteiger partial charge in [-0.15, -0.1) is 0 Å². The average molecular weight is 535 g/mol. The first-order valence-electron chi connectivity index (χ1n) is 18.7. The van der Waals surface area contributed by atoms with E-state index in [2.05, 4.69) is 27.7 Å². The van der Waals surface area contributed by atoms with Gasteiger partial charge in [0.1, 0.15) is 0 Å². The zero-order chi connectivity index (χ0) is 27.8. The van der Waals surface area contributed by atoms with Crippen LogP contribution in [-0.2, 0) is 0 Å². The van der Waals surface area contributed by atoms with Crippen LogP contribution in [0.5, 0.6) is 0 Å². The Balaban J connectivity index is 4.06. The van der Waals surface area contributed by atoms with Crippen molar-refractivity contribution in [2.24, 2.45) is 5.41 Å². The molecule has 0 saturated heterocycles. The molecule has 0 rings (SSSR count). The van der Waals surface area contributed by atoms with Gasteiger partial charge in [0, 0.05) is 0 Å². The molecule has 38 heavy (non-hydrogen) atoms. The second-order valence-electron chi connectivity index (χ2n) is 13.6. The van der Waals surface area contributed by atoms with Crippen LogP contribution in [-0.4, -0.2) is 0 Å². The highest BCUT2D eigenvalue weighted by molar-refractivity contribution is 4.75. The lowest BCUT2D eigenvalue weighted by Crippen LogP contribution is -2.16. The van der Waals surface area contributed by atoms with Crippen molar-refractivity contribution in [3.63, 3.8) is 0 Å². The summed E-state index contributed by atoms with van der Waals surface area (Å²) in [6.45, 7) is 9.63. The standard InChI is InChI=1S/C38H78/c1-5-8-11-14-17-20-23-26-29-32-35-38(4,36-33-30-27-24-21-18-15-12-9-6-2)37-34-31-28-25-22-19-16-13-10-7-3/h5-37H2,1-4H3. The first kappa shape index (κ1) is 38.0. The molecule has 0 heterocycles. The SMILES string of the molecule is CCCCCCCCCCCCC(C)(CCCCCCCCCCCC)CCCCCCCCCCCC. The van der Waals surface area contributed by atoms with Gasteiger partial charge in [-0.2, -0.15) is 0 Å². The Morgan fingerprint density at radius 2 is 0.395 bits per heavy atom. The molecule has 0 aromatic rings. The van der Waals surface area contributed by atoms with E-state index in [1.165, 1.54) is 212 Å². The molecule has 0 bridgehead atoms. The highest BCUT2D eigenvalue weighted by Crippen LogP contribution is 2.37. The van der Waals surface area contributed by atoms with Crippen LogP contribution < -0.4 is 0 Å². The first-order valence-corrected chi connectivity index (χ1v) is 18.7. The number of hydrogen-bond acceptors (Lipinski definition) is 0. The second-order valence-corrected chi connectivity index (χ2v) is 13.6. The van der Waals surface area contributed by atoms with Crippen LogP contribution in [0.15, 0.2) is 0 Å². The predicted molar refractivity (Wildman–Crippen MR) is 177 cm³/mol. The molecule has 0 radical (unpaired) electrons. The largest absolute Gasteiger partial charge is 0.0654 e. The molecular formula is C38H78. The van der Waals surface area contributed by atoms with Crippen molar-refractivity contribution in [3.05, 3.63) is 0 Å². The van der Waals surface area contributed by atoms with Gasteiger partial charge in [0.25, 0.3) is 0 Å². The Labute approximate surface area is 244 Å². The molecular weight excluding hydrogens is 456 g/mol. The molecule has 0 unspecified atom stereocenters. The first-order chi connectivity index (χ1) is 18.7. The Morgan fingerprint density at radius 3 is 0.579 bits per heavy atom. The maximum Gasteiger partial charge on any atom is -0.0326 e. The van der Waals surface area contributed by atoms with Crippen LogP contribution in [0.1, 0.15) is 240 Å². The third-order valence-corrected chi connectivity index (χ3v) is 9.40. The molecule has 0 aliphatic heterocycles. The van der Waals surface area contributed by atoms with Crippen LogP contribution in [0, 0.1) is 5.41 Å². The summed E-state index contributed by atoms with van der Waals surface area (Å²) in [5, 5.41) is 0. The quantitative estimate of drug-likeness (QED) is 0.0734. The van der Waals surface area contributed by atoms with Crippen LogP contribution in [0.25, 0.3) is 0 Å². The Hall–Kier alpha value is 0. The van der Waals surface area contributed by atoms with Crippen molar-refractivity contribution in [1.82, 2.24) is 0 Å². The zero-order valence-electron chi connectivity index (χ0n) is 27.8. The molecule has 0 spiro atoms. The van der Waals surface area contributed by atoms with E-state index in [1.54, 1.807) is 0 Å². The summed E-state index contributed by atoms with van der Waals surface area (Å²) in [6, 6.07) is 0. The molecule has 0 aromatic heterocycles. The highest BCUT2D eigenvalue weighted by atomic mass is 14.3. The van der Waals surface area contributed by atoms with Crippen molar-refractivity contribution in [2.45, 2.75) is 240 Å². The minimum absolute atomic E-state index is 0.625. The van der Waals surface area contributed by atoms with Crippen LogP contribution in [0.4, 0.5) is 0 Å². The minimum Gasteiger partial charge on any atom is -0.0654 e. The Kier molecular flexibility index (Phi) is 31.5. The van der Waals surface area contributed by atoms with Gasteiger partial charge in [-0.3, -0.25) is 0 Å². The summed E-state index contributed by atoms with van der Waals surface area (Å²) in [5.41, 5.74) is 0.625. The molecule has 0 aromatic carbocycles. The number of hydrogen-bond donors (Lipinski definition) is 0. The van der Waals surface area contributed by atoms with E-state index in [-0.39, 0.29) is 0 Å². The Bertz CT molecular complexity index is 350. The van der Waals surface area contributed by atoms with Gasteiger partial charge in [0.2, 0.25) is 0 Å². The van der Waals surface area contributed by atoms with Crippen LogP contribution in [0.3, 0.4) is 0 Å². The summed E-state index contributed by atoms with van der Waals surface area (Å²) >= 11 is 0. The van der Waals surface area contributed by atoms with E-state index in [9.17, 15) is 0 Å². The second kappa shape index (κ2) is 31.5. The third-order valence-electron chi connectivity index (χ3n) is 9.40. The lowest BCUT2D eigenvalue weighted by molar-refractivity contribution is 0.222. The summed E-state index contributed by atoms with van der Waals surface area (Å²) in [5.74, 6) is 0. The molecule has 0 nitrogen and oxygen atoms in total. The fourth-order valence-corrected chi connectivity index (χ4v) is 6.49. The predicted octanol–water partition coefficient (Wildman–Crippen LogP) is 14.9. The van der Waals surface area contributed by atoms with Gasteiger partial charge in [-0.25, -0.2) is 0 Å². The molecule has 0 atom stereocenters. The molecule has 0 heteroatoms. The maximum atomic E-state index is 2.67. The fourth-order valence-electron chi connectivity index (χ4n) is 6.49. The minimum atomic E-state index is 0.625. The van der Waals surface area contributed by atoms with Crippen molar-refractivity contribution in [1.29, 1.82) is 0 Å². The molecule has 0 aliphatic carbocycles. The van der Waals surface area contributed by atoms with Crippen LogP contribution >= 0.6 is 0 Å². The summed E-state index contributed by atoms with van der Waals surface area (Å²) in [6.07, 6.45) is 48.5. The molecule has 0 N–H and O–H groups in total. The van der Waals surface area contributed by atoms with Gasteiger partial charge >= 0.3 is 0 Å². The van der Waals surface area contributed by atoms with Crippen molar-refractivity contribution in [3.8, 4) is 0 Å². The van der Waals surface area contributed by atoms with Gasteiger partial charge in [-0.05, 0) is 24.7 Å². The van der Waals surface area contributed by atoms with E-state index < -0.39 is 0 Å². The van der Waals surface area contributed by atoms with Gasteiger partial charge in [-0.1, -0.05) is 220 Å². The smallest absolute Gasteiger partial charge is 0.0326 e. The van der Waals surface area contributed by atoms with E-state index in [4.69, 9.17) is 0 Å². The molecule has 0 saturated carbocycles. The summed E-state index contributed by atoms with van der Waals surface area (Å²) in [4.78, 5) is 0. The summed E-state index contributed by atoms with van der Waals surface area (Å²) < 4.78 is 0.